The molecule has 0 aromatic carbocycles. The Balaban J connectivity index is 0.00000103. The number of aryl methyl sites for hydroxylation is 4. The summed E-state index contributed by atoms with van der Waals surface area (Å²) in [6.45, 7) is 8.75. The minimum atomic E-state index is 0. The van der Waals surface area contributed by atoms with E-state index in [0.717, 1.165) is 0 Å². The second kappa shape index (κ2) is 9.26. The Morgan fingerprint density at radius 2 is 1.05 bits per heavy atom. The molecule has 0 aliphatic carbocycles. The molecule has 0 N–H and O–H groups in total. The van der Waals surface area contributed by atoms with Crippen molar-refractivity contribution < 1.29 is 18.8 Å². The van der Waals surface area contributed by atoms with Gasteiger partial charge in [-0.3, -0.25) is 0 Å². The molecule has 0 aliphatic heterocycles. The average molecular weight is 492 g/mol. The molecule has 0 saturated heterocycles. The third-order valence-electron chi connectivity index (χ3n) is 3.01. The van der Waals surface area contributed by atoms with Crippen LogP contribution >= 0.6 is 25.8 Å². The van der Waals surface area contributed by atoms with Gasteiger partial charge >= 0.3 is 28.2 Å². The van der Waals surface area contributed by atoms with Crippen molar-refractivity contribution in [1.82, 2.24) is 0 Å². The van der Waals surface area contributed by atoms with Gasteiger partial charge < -0.3 is 7.43 Å². The molecule has 0 nitrogen and oxygen atoms in total. The normalized spacial score (nSPS) is 10.1. The second-order valence-electron chi connectivity index (χ2n) is 4.31. The average Bonchev–Trinajstić information content (AvgIpc) is 2.38. The summed E-state index contributed by atoms with van der Waals surface area (Å²) >= 11 is 1.61. The Labute approximate surface area is 136 Å². The van der Waals surface area contributed by atoms with Crippen LogP contribution in [0.1, 0.15) is 22.3 Å². The summed E-state index contributed by atoms with van der Waals surface area (Å²) in [6.07, 6.45) is 0. The topological polar surface area (TPSA) is 0 Å². The summed E-state index contributed by atoms with van der Waals surface area (Å²) in [5, 5.41) is 2.90. The first-order chi connectivity index (χ1) is 8.58. The van der Waals surface area contributed by atoms with Gasteiger partial charge in [-0.05, 0) is 73.7 Å². The first kappa shape index (κ1) is 19.3. The van der Waals surface area contributed by atoms with E-state index >= 15 is 0 Å². The monoisotopic (exact) mass is 491 g/mol. The third kappa shape index (κ3) is 5.28. The Hall–Kier alpha value is 0.278. The summed E-state index contributed by atoms with van der Waals surface area (Å²) in [7, 11) is 7.29. The Morgan fingerprint density at radius 3 is 1.32 bits per heavy atom. The van der Waals surface area contributed by atoms with Crippen LogP contribution in [-0.4, -0.2) is 0 Å². The number of rotatable bonds is 1. The molecule has 0 atom stereocenters. The summed E-state index contributed by atoms with van der Waals surface area (Å²) < 4.78 is 0. The van der Waals surface area contributed by atoms with E-state index in [1.54, 1.807) is 18.8 Å². The molecule has 0 unspecified atom stereocenters. The zero-order chi connectivity index (χ0) is 13.7. The van der Waals surface area contributed by atoms with Crippen LogP contribution in [0.25, 0.3) is 10.6 Å². The van der Waals surface area contributed by atoms with Crippen molar-refractivity contribution in [3.63, 3.8) is 0 Å². The first-order valence-electron chi connectivity index (χ1n) is 5.57. The molecule has 2 rings (SSSR count). The van der Waals surface area contributed by atoms with Crippen LogP contribution in [0.4, 0.5) is 0 Å². The maximum absolute atomic E-state index is 4.61. The summed E-state index contributed by atoms with van der Waals surface area (Å²) in [6, 6.07) is 4.66. The van der Waals surface area contributed by atoms with Gasteiger partial charge in [0.25, 0.3) is 0 Å². The minimum absolute atomic E-state index is 0. The fourth-order valence-corrected chi connectivity index (χ4v) is 3.88. The van der Waals surface area contributed by atoms with E-state index in [4.69, 9.17) is 0 Å². The van der Waals surface area contributed by atoms with Crippen LogP contribution in [-0.2, 0) is 18.8 Å². The fourth-order valence-electron chi connectivity index (χ4n) is 1.53. The van der Waals surface area contributed by atoms with Gasteiger partial charge in [0.1, 0.15) is 0 Å². The molecule has 0 saturated carbocycles. The summed E-state index contributed by atoms with van der Waals surface area (Å²) in [5.74, 6) is 4.61. The molecular weight excluding hydrogens is 473 g/mol. The van der Waals surface area contributed by atoms with Gasteiger partial charge in [-0.25, -0.2) is 0 Å². The Morgan fingerprint density at radius 1 is 0.737 bits per heavy atom. The number of hydrogen-bond donors (Lipinski definition) is 0. The summed E-state index contributed by atoms with van der Waals surface area (Å²) in [4.78, 5) is 0. The van der Waals surface area contributed by atoms with Crippen LogP contribution in [0, 0.1) is 35.1 Å². The molecule has 0 radical (unpaired) electrons. The van der Waals surface area contributed by atoms with Gasteiger partial charge in [-0.15, -0.1) is 0 Å². The van der Waals surface area contributed by atoms with E-state index in [0.29, 0.717) is 0 Å². The SMILES string of the molecule is Cc1cpc(-c2cc(C)c(C)cp2)cc1C.[CH3-].[Cl][Pt+]. The predicted octanol–water partition coefficient (Wildman–Crippen LogP) is 6.88. The molecule has 0 aliphatic rings. The standard InChI is InChI=1S/C14H16P2.CH3.ClH.Pt/c1-9-5-13(15-7-11(9)3)14-6-10(2)12(4)8-16-14;;;/h5-8H,1-4H3;1H3;1H;/q;-1;;+2/p-1. The first-order valence-corrected chi connectivity index (χ1v) is 10.3. The zero-order valence-corrected chi connectivity index (χ0v) is 16.7. The Bertz CT molecular complexity index is 492. The molecule has 0 bridgehead atoms. The third-order valence-corrected chi connectivity index (χ3v) is 5.51. The van der Waals surface area contributed by atoms with E-state index in [1.807, 2.05) is 0 Å². The van der Waals surface area contributed by atoms with Crippen molar-refractivity contribution in [2.24, 2.45) is 0 Å². The predicted molar refractivity (Wildman–Crippen MR) is 88.1 cm³/mol. The van der Waals surface area contributed by atoms with E-state index in [1.165, 1.54) is 49.2 Å². The van der Waals surface area contributed by atoms with Gasteiger partial charge in [0.15, 0.2) is 0 Å². The maximum atomic E-state index is 4.61. The molecule has 0 spiro atoms. The van der Waals surface area contributed by atoms with E-state index in [9.17, 15) is 0 Å². The number of hydrogen-bond acceptors (Lipinski definition) is 0. The van der Waals surface area contributed by atoms with Crippen molar-refractivity contribution in [3.8, 4) is 10.6 Å². The molecule has 0 fully saturated rings. The van der Waals surface area contributed by atoms with Crippen LogP contribution in [0.3, 0.4) is 0 Å². The molecule has 4 heteroatoms. The van der Waals surface area contributed by atoms with Gasteiger partial charge in [0.05, 0.1) is 0 Å². The van der Waals surface area contributed by atoms with Crippen molar-refractivity contribution in [2.45, 2.75) is 27.7 Å². The van der Waals surface area contributed by atoms with E-state index in [2.05, 4.69) is 60.8 Å². The Kier molecular flexibility index (Phi) is 9.39. The van der Waals surface area contributed by atoms with Crippen LogP contribution in [0.2, 0.25) is 0 Å². The quantitative estimate of drug-likeness (QED) is 0.381. The molecule has 19 heavy (non-hydrogen) atoms. The fraction of sp³-hybridized carbons (Fsp3) is 0.267. The van der Waals surface area contributed by atoms with Gasteiger partial charge in [0.2, 0.25) is 0 Å². The van der Waals surface area contributed by atoms with Crippen LogP contribution in [0.5, 0.6) is 0 Å². The van der Waals surface area contributed by atoms with E-state index < -0.39 is 0 Å². The van der Waals surface area contributed by atoms with Gasteiger partial charge in [-0.2, -0.15) is 0 Å². The molecule has 2 aromatic rings. The molecule has 2 aromatic heterocycles. The molecule has 2 heterocycles. The molecule has 0 amide bonds. The van der Waals surface area contributed by atoms with Gasteiger partial charge in [0, 0.05) is 10.6 Å². The van der Waals surface area contributed by atoms with Crippen molar-refractivity contribution >= 4 is 25.8 Å². The molecular formula is C15H19ClP2Pt. The van der Waals surface area contributed by atoms with E-state index in [-0.39, 0.29) is 7.43 Å². The zero-order valence-electron chi connectivity index (χ0n) is 11.9. The van der Waals surface area contributed by atoms with Crippen LogP contribution in [0.15, 0.2) is 23.7 Å². The van der Waals surface area contributed by atoms with Crippen molar-refractivity contribution in [3.05, 3.63) is 53.4 Å². The number of halogens is 1. The molecule has 106 valence electrons. The van der Waals surface area contributed by atoms with Crippen molar-refractivity contribution in [1.29, 1.82) is 0 Å². The van der Waals surface area contributed by atoms with Crippen LogP contribution < -0.4 is 0 Å². The van der Waals surface area contributed by atoms with Gasteiger partial charge in [-0.1, -0.05) is 16.4 Å². The second-order valence-corrected chi connectivity index (χ2v) is 6.30. The summed E-state index contributed by atoms with van der Waals surface area (Å²) in [5.41, 5.74) is 5.61. The van der Waals surface area contributed by atoms with Crippen molar-refractivity contribution in [2.75, 3.05) is 0 Å².